The van der Waals surface area contributed by atoms with Crippen molar-refractivity contribution in [2.75, 3.05) is 0 Å². The Morgan fingerprint density at radius 1 is 0.893 bits per heavy atom. The zero-order chi connectivity index (χ0) is 22.1. The average molecular weight is 398 g/mol. The summed E-state index contributed by atoms with van der Waals surface area (Å²) in [5.74, 6) is -0.670. The van der Waals surface area contributed by atoms with Crippen LogP contribution in [0.3, 0.4) is 0 Å². The summed E-state index contributed by atoms with van der Waals surface area (Å²) in [6.45, 7) is 21.0. The molecule has 2 amide bonds. The van der Waals surface area contributed by atoms with Crippen LogP contribution in [0.1, 0.15) is 76.2 Å². The van der Waals surface area contributed by atoms with Crippen molar-refractivity contribution >= 4 is 19.1 Å². The molecule has 0 saturated carbocycles. The summed E-state index contributed by atoms with van der Waals surface area (Å²) in [5, 5.41) is 5.71. The number of hydrogen-bond acceptors (Lipinski definition) is 5. The van der Waals surface area contributed by atoms with Gasteiger partial charge in [0.2, 0.25) is 5.91 Å². The van der Waals surface area contributed by atoms with E-state index in [4.69, 9.17) is 14.0 Å². The maximum atomic E-state index is 13.0. The van der Waals surface area contributed by atoms with E-state index in [9.17, 15) is 9.59 Å². The first-order valence-electron chi connectivity index (χ1n) is 10.1. The first-order chi connectivity index (χ1) is 12.5. The van der Waals surface area contributed by atoms with Gasteiger partial charge in [0.05, 0.1) is 17.1 Å². The molecule has 0 aromatic heterocycles. The fourth-order valence-corrected chi connectivity index (χ4v) is 2.81. The summed E-state index contributed by atoms with van der Waals surface area (Å²) in [5.41, 5.74) is -1.60. The quantitative estimate of drug-likeness (QED) is 0.671. The maximum Gasteiger partial charge on any atom is 0.482 e. The first kappa shape index (κ1) is 24.8. The maximum absolute atomic E-state index is 13.0. The van der Waals surface area contributed by atoms with E-state index in [-0.39, 0.29) is 23.7 Å². The van der Waals surface area contributed by atoms with Crippen LogP contribution in [0.25, 0.3) is 0 Å². The fourth-order valence-electron chi connectivity index (χ4n) is 2.81. The number of amides is 2. The summed E-state index contributed by atoms with van der Waals surface area (Å²) in [4.78, 5) is 25.1. The highest BCUT2D eigenvalue weighted by atomic mass is 16.7. The van der Waals surface area contributed by atoms with Crippen molar-refractivity contribution < 1.29 is 23.6 Å². The highest BCUT2D eigenvalue weighted by Crippen LogP contribution is 2.38. The third-order valence-electron chi connectivity index (χ3n) is 5.21. The Hall–Kier alpha value is -1.28. The molecule has 0 bridgehead atoms. The van der Waals surface area contributed by atoms with Crippen LogP contribution in [0.4, 0.5) is 4.79 Å². The molecule has 1 aliphatic heterocycles. The number of hydrogen-bond donors (Lipinski definition) is 2. The minimum atomic E-state index is -0.724. The highest BCUT2D eigenvalue weighted by molar-refractivity contribution is 6.48. The van der Waals surface area contributed by atoms with Gasteiger partial charge in [-0.3, -0.25) is 4.79 Å². The Bertz CT molecular complexity index is 553. The molecule has 0 radical (unpaired) electrons. The predicted octanol–water partition coefficient (Wildman–Crippen LogP) is 3.31. The minimum Gasteiger partial charge on any atom is -0.444 e. The summed E-state index contributed by atoms with van der Waals surface area (Å²) in [6.07, 6.45) is -0.613. The Morgan fingerprint density at radius 3 is 1.71 bits per heavy atom. The minimum absolute atomic E-state index is 0.0768. The van der Waals surface area contributed by atoms with Crippen LogP contribution in [-0.2, 0) is 18.8 Å². The molecule has 7 nitrogen and oxygen atoms in total. The number of nitrogens with one attached hydrogen (secondary N) is 2. The van der Waals surface area contributed by atoms with Crippen LogP contribution in [0.15, 0.2) is 0 Å². The molecular weight excluding hydrogens is 359 g/mol. The van der Waals surface area contributed by atoms with Crippen LogP contribution >= 0.6 is 0 Å². The van der Waals surface area contributed by atoms with Crippen LogP contribution in [0.2, 0.25) is 0 Å². The van der Waals surface area contributed by atoms with Gasteiger partial charge in [0.25, 0.3) is 0 Å². The second-order valence-corrected chi connectivity index (χ2v) is 10.3. The Kier molecular flexibility index (Phi) is 7.62. The highest BCUT2D eigenvalue weighted by Gasteiger charge is 2.54. The fraction of sp³-hybridized carbons (Fsp3) is 0.900. The van der Waals surface area contributed by atoms with Gasteiger partial charge in [-0.05, 0) is 60.3 Å². The molecule has 1 rings (SSSR count). The lowest BCUT2D eigenvalue weighted by molar-refractivity contribution is -0.124. The van der Waals surface area contributed by atoms with Crippen molar-refractivity contribution in [2.45, 2.75) is 105 Å². The van der Waals surface area contributed by atoms with Gasteiger partial charge in [-0.2, -0.15) is 0 Å². The van der Waals surface area contributed by atoms with E-state index in [0.29, 0.717) is 0 Å². The van der Waals surface area contributed by atoms with Gasteiger partial charge in [0.1, 0.15) is 11.6 Å². The zero-order valence-corrected chi connectivity index (χ0v) is 19.4. The largest absolute Gasteiger partial charge is 0.482 e. The number of ether oxygens (including phenoxy) is 1. The third-order valence-corrected chi connectivity index (χ3v) is 5.21. The van der Waals surface area contributed by atoms with Crippen molar-refractivity contribution in [3.05, 3.63) is 0 Å². The summed E-state index contributed by atoms with van der Waals surface area (Å²) >= 11 is 0. The molecule has 28 heavy (non-hydrogen) atoms. The second kappa shape index (κ2) is 8.62. The van der Waals surface area contributed by atoms with Crippen LogP contribution in [0.5, 0.6) is 0 Å². The molecule has 0 aliphatic carbocycles. The lowest BCUT2D eigenvalue weighted by Crippen LogP contribution is -2.58. The molecule has 2 atom stereocenters. The summed E-state index contributed by atoms with van der Waals surface area (Å²) < 4.78 is 17.5. The van der Waals surface area contributed by atoms with Crippen molar-refractivity contribution in [2.24, 2.45) is 11.8 Å². The topological polar surface area (TPSA) is 85.9 Å². The van der Waals surface area contributed by atoms with Crippen molar-refractivity contribution in [1.82, 2.24) is 10.6 Å². The molecule has 1 fully saturated rings. The molecule has 8 heteroatoms. The average Bonchev–Trinajstić information content (AvgIpc) is 2.67. The van der Waals surface area contributed by atoms with Gasteiger partial charge < -0.3 is 24.7 Å². The molecule has 0 aromatic carbocycles. The molecule has 162 valence electrons. The van der Waals surface area contributed by atoms with Crippen LogP contribution in [-0.4, -0.2) is 47.9 Å². The van der Waals surface area contributed by atoms with Gasteiger partial charge in [-0.25, -0.2) is 4.79 Å². The Morgan fingerprint density at radius 2 is 1.36 bits per heavy atom. The standard InChI is InChI=1S/C20H39BN2O5/c1-12(2)14(22-17(25)26-18(5,6)7)16(24)23-15(13(3)4)21-27-19(8,9)20(10,11)28-21/h12-15H,1-11H3,(H,22,25)(H,23,24)/t14-,15?/m0/s1. The number of alkyl carbamates (subject to hydrolysis) is 1. The Balaban J connectivity index is 2.90. The van der Waals surface area contributed by atoms with E-state index < -0.39 is 36.1 Å². The SMILES string of the molecule is CC(C)C(NC(=O)[C@@H](NC(=O)OC(C)(C)C)C(C)C)B1OC(C)(C)C(C)(C)O1. The van der Waals surface area contributed by atoms with E-state index in [1.54, 1.807) is 20.8 Å². The van der Waals surface area contributed by atoms with Gasteiger partial charge in [0, 0.05) is 0 Å². The molecule has 1 unspecified atom stereocenters. The van der Waals surface area contributed by atoms with E-state index >= 15 is 0 Å². The molecule has 2 N–H and O–H groups in total. The van der Waals surface area contributed by atoms with Crippen molar-refractivity contribution in [3.8, 4) is 0 Å². The lowest BCUT2D eigenvalue weighted by Gasteiger charge is -2.32. The van der Waals surface area contributed by atoms with E-state index in [2.05, 4.69) is 10.6 Å². The first-order valence-corrected chi connectivity index (χ1v) is 10.1. The lowest BCUT2D eigenvalue weighted by atomic mass is 9.71. The number of carbonyl (C=O) groups excluding carboxylic acids is 2. The molecule has 0 spiro atoms. The number of carbonyl (C=O) groups is 2. The monoisotopic (exact) mass is 398 g/mol. The van der Waals surface area contributed by atoms with Crippen molar-refractivity contribution in [1.29, 1.82) is 0 Å². The van der Waals surface area contributed by atoms with Gasteiger partial charge in [-0.15, -0.1) is 0 Å². The third kappa shape index (κ3) is 6.37. The van der Waals surface area contributed by atoms with E-state index in [1.807, 2.05) is 55.4 Å². The molecule has 1 saturated heterocycles. The van der Waals surface area contributed by atoms with Gasteiger partial charge in [-0.1, -0.05) is 27.7 Å². The van der Waals surface area contributed by atoms with Crippen molar-refractivity contribution in [3.63, 3.8) is 0 Å². The van der Waals surface area contributed by atoms with Crippen LogP contribution in [0, 0.1) is 11.8 Å². The van der Waals surface area contributed by atoms with E-state index in [0.717, 1.165) is 0 Å². The predicted molar refractivity (Wildman–Crippen MR) is 111 cm³/mol. The van der Waals surface area contributed by atoms with Crippen LogP contribution < -0.4 is 10.6 Å². The molecule has 0 aromatic rings. The molecule has 1 aliphatic rings. The smallest absolute Gasteiger partial charge is 0.444 e. The van der Waals surface area contributed by atoms with Gasteiger partial charge in [0.15, 0.2) is 0 Å². The normalized spacial score (nSPS) is 20.8. The van der Waals surface area contributed by atoms with E-state index in [1.165, 1.54) is 0 Å². The second-order valence-electron chi connectivity index (χ2n) is 10.3. The Labute approximate surface area is 170 Å². The zero-order valence-electron chi connectivity index (χ0n) is 19.4. The molecular formula is C20H39BN2O5. The molecule has 1 heterocycles. The summed E-state index contributed by atoms with van der Waals surface area (Å²) in [7, 11) is -0.566. The summed E-state index contributed by atoms with van der Waals surface area (Å²) in [6, 6.07) is -0.724. The number of rotatable bonds is 6. The van der Waals surface area contributed by atoms with Gasteiger partial charge >= 0.3 is 13.2 Å².